The minimum Gasteiger partial charge on any atom is -0.390 e. The number of nitrogens with zero attached hydrogens (tertiary/aromatic N) is 19. The van der Waals surface area contributed by atoms with E-state index >= 15 is 0 Å². The van der Waals surface area contributed by atoms with Crippen molar-refractivity contribution in [1.29, 1.82) is 0 Å². The molecule has 0 unspecified atom stereocenters. The molecule has 23 nitrogen and oxygen atoms in total. The summed E-state index contributed by atoms with van der Waals surface area (Å²) >= 11 is 0. The number of hydrogen-bond acceptors (Lipinski definition) is 17. The Morgan fingerprint density at radius 1 is 0.361 bits per heavy atom. The summed E-state index contributed by atoms with van der Waals surface area (Å²) < 4.78 is 21.0. The van der Waals surface area contributed by atoms with Crippen LogP contribution in [-0.2, 0) is 61.9 Å². The van der Waals surface area contributed by atoms with Gasteiger partial charge in [0, 0.05) is 59.1 Å². The third kappa shape index (κ3) is 22.1. The Bertz CT molecular complexity index is 2560. The quantitative estimate of drug-likeness (QED) is 0.122. The molecule has 8 rings (SSSR count). The number of aliphatic hydroxyl groups is 2. The molecule has 0 aliphatic rings. The summed E-state index contributed by atoms with van der Waals surface area (Å²) in [6.45, 7) is 50.0. The summed E-state index contributed by atoms with van der Waals surface area (Å²) in [5.74, 6) is 5.78. The molecule has 8 aromatic heterocycles. The molecule has 0 amide bonds. The van der Waals surface area contributed by atoms with Crippen LogP contribution in [0.4, 0.5) is 0 Å². The van der Waals surface area contributed by atoms with E-state index in [9.17, 15) is 0 Å². The van der Waals surface area contributed by atoms with E-state index in [1.807, 2.05) is 114 Å². The molecule has 0 aromatic carbocycles. The summed E-state index contributed by atoms with van der Waals surface area (Å²) in [5, 5.41) is 64.7. The fraction of sp³-hybridized carbons (Fsp3) is 0.683. The Balaban J connectivity index is 0.000000474. The SMILES string of the molecule is CC(C)c1c(CO)ncn1C.CC(C)c1c(CO)nnn1C.CCc1nnn(C)c1C(C)C.Cc1nnn(C)c1C(C)C.Cc1nnn(C)c1C(C)C.Cc1nnn(C)c1C(C)C.Cc1noc(C)c1C(C)C.Cc1noc(C)c1C(C)C. The topological polar surface area (TPSA) is 264 Å². The van der Waals surface area contributed by atoms with Crippen molar-refractivity contribution in [2.24, 2.45) is 42.3 Å². The lowest BCUT2D eigenvalue weighted by Crippen LogP contribution is -2.02. The highest BCUT2D eigenvalue weighted by atomic mass is 16.5. The number of rotatable bonds is 11. The van der Waals surface area contributed by atoms with E-state index in [4.69, 9.17) is 19.3 Å². The van der Waals surface area contributed by atoms with E-state index in [1.54, 1.807) is 11.0 Å². The zero-order chi connectivity index (χ0) is 63.9. The number of imidazole rings is 1. The van der Waals surface area contributed by atoms with Crippen molar-refractivity contribution in [3.63, 3.8) is 0 Å². The Kier molecular flexibility index (Phi) is 31.7. The Morgan fingerprint density at radius 3 is 0.807 bits per heavy atom. The maximum Gasteiger partial charge on any atom is 0.137 e. The van der Waals surface area contributed by atoms with Crippen molar-refractivity contribution in [2.45, 2.75) is 233 Å². The van der Waals surface area contributed by atoms with Crippen LogP contribution in [0.5, 0.6) is 0 Å². The van der Waals surface area contributed by atoms with E-state index in [1.165, 1.54) is 33.9 Å². The van der Waals surface area contributed by atoms with Gasteiger partial charge in [-0.05, 0) is 102 Å². The highest BCUT2D eigenvalue weighted by Gasteiger charge is 2.16. The minimum absolute atomic E-state index is 0.0264. The number of aryl methyl sites for hydroxylation is 14. The standard InChI is InChI=1S/C8H15N3.C8H14N2O.2C8H13NO.C7H13N3O.3C7H13N3/c1-5-7-8(6(2)3)11(4)10-9-7;1-6(2)8-7(4-11)9-5-10(8)3;2*1-5(2)8-6(3)9-10-7(8)4;1-5(2)7-6(4-11)8-9-10(7)3;3*1-5(2)7-6(3)8-9-10(7)4/h6H,5H2,1-4H3;5-6,11H,4H2,1-3H3;2*5H,1-4H3;5,11H,4H2,1-3H3;3*5H,1-4H3. The summed E-state index contributed by atoms with van der Waals surface area (Å²) in [5.41, 5.74) is 17.3. The Labute approximate surface area is 496 Å². The molecular formula is C60H107N19O4. The molecule has 8 aromatic rings. The molecule has 0 radical (unpaired) electrons. The van der Waals surface area contributed by atoms with Gasteiger partial charge in [0.15, 0.2) is 0 Å². The van der Waals surface area contributed by atoms with Gasteiger partial charge < -0.3 is 23.8 Å². The molecule has 0 atom stereocenters. The van der Waals surface area contributed by atoms with Crippen LogP contribution in [-0.4, -0.2) is 105 Å². The van der Waals surface area contributed by atoms with Crippen LogP contribution in [0.15, 0.2) is 15.4 Å². The first-order chi connectivity index (χ1) is 38.6. The van der Waals surface area contributed by atoms with Gasteiger partial charge in [0.1, 0.15) is 17.2 Å². The smallest absolute Gasteiger partial charge is 0.137 e. The van der Waals surface area contributed by atoms with Gasteiger partial charge in [-0.3, -0.25) is 23.4 Å². The zero-order valence-electron chi connectivity index (χ0n) is 56.5. The van der Waals surface area contributed by atoms with Gasteiger partial charge in [0.05, 0.1) is 87.9 Å². The fourth-order valence-corrected chi connectivity index (χ4v) is 10.3. The third-order valence-corrected chi connectivity index (χ3v) is 13.3. The van der Waals surface area contributed by atoms with Crippen LogP contribution in [0, 0.1) is 48.5 Å². The molecule has 0 bridgehead atoms. The van der Waals surface area contributed by atoms with Crippen LogP contribution < -0.4 is 0 Å². The zero-order valence-corrected chi connectivity index (χ0v) is 56.5. The monoisotopic (exact) mass is 1160 g/mol. The molecule has 2 N–H and O–H groups in total. The van der Waals surface area contributed by atoms with Crippen molar-refractivity contribution in [2.75, 3.05) is 0 Å². The summed E-state index contributed by atoms with van der Waals surface area (Å²) in [6, 6.07) is 0. The van der Waals surface area contributed by atoms with Gasteiger partial charge in [0.25, 0.3) is 0 Å². The van der Waals surface area contributed by atoms with Gasteiger partial charge >= 0.3 is 0 Å². The van der Waals surface area contributed by atoms with Gasteiger partial charge in [0.2, 0.25) is 0 Å². The third-order valence-electron chi connectivity index (χ3n) is 13.3. The van der Waals surface area contributed by atoms with Gasteiger partial charge in [-0.15, -0.1) is 25.5 Å². The normalized spacial score (nSPS) is 10.9. The second-order valence-electron chi connectivity index (χ2n) is 23.2. The van der Waals surface area contributed by atoms with Crippen LogP contribution in [0.1, 0.15) is 267 Å². The predicted octanol–water partition coefficient (Wildman–Crippen LogP) is 11.5. The molecule has 8 heterocycles. The van der Waals surface area contributed by atoms with E-state index in [0.29, 0.717) is 53.0 Å². The van der Waals surface area contributed by atoms with Crippen molar-refractivity contribution in [3.05, 3.63) is 109 Å². The van der Waals surface area contributed by atoms with Gasteiger partial charge in [-0.2, -0.15) is 0 Å². The minimum atomic E-state index is -0.0264. The molecule has 466 valence electrons. The summed E-state index contributed by atoms with van der Waals surface area (Å²) in [6.07, 6.45) is 2.71. The molecule has 0 fully saturated rings. The first-order valence-corrected chi connectivity index (χ1v) is 29.1. The summed E-state index contributed by atoms with van der Waals surface area (Å²) in [4.78, 5) is 4.07. The van der Waals surface area contributed by atoms with E-state index in [-0.39, 0.29) is 13.2 Å². The largest absolute Gasteiger partial charge is 0.390 e. The van der Waals surface area contributed by atoms with E-state index < -0.39 is 0 Å². The molecule has 0 saturated carbocycles. The van der Waals surface area contributed by atoms with Crippen LogP contribution >= 0.6 is 0 Å². The fourth-order valence-electron chi connectivity index (χ4n) is 10.3. The second kappa shape index (κ2) is 35.4. The molecule has 0 spiro atoms. The lowest BCUT2D eigenvalue weighted by molar-refractivity contribution is 0.275. The van der Waals surface area contributed by atoms with E-state index in [2.05, 4.69) is 185 Å². The molecule has 0 aliphatic carbocycles. The molecule has 0 saturated heterocycles. The lowest BCUT2D eigenvalue weighted by Gasteiger charge is -2.07. The highest BCUT2D eigenvalue weighted by molar-refractivity contribution is 5.25. The highest BCUT2D eigenvalue weighted by Crippen LogP contribution is 2.24. The predicted molar refractivity (Wildman–Crippen MR) is 328 cm³/mol. The summed E-state index contributed by atoms with van der Waals surface area (Å²) in [7, 11) is 11.5. The number of hydrogen-bond donors (Lipinski definition) is 2. The van der Waals surface area contributed by atoms with Gasteiger partial charge in [-0.1, -0.05) is 154 Å². The second-order valence-corrected chi connectivity index (χ2v) is 23.2. The van der Waals surface area contributed by atoms with Gasteiger partial charge in [-0.25, -0.2) is 4.98 Å². The average molecular weight is 1160 g/mol. The van der Waals surface area contributed by atoms with Crippen LogP contribution in [0.25, 0.3) is 0 Å². The number of aromatic nitrogens is 19. The van der Waals surface area contributed by atoms with Crippen molar-refractivity contribution in [3.8, 4) is 0 Å². The average Bonchev–Trinajstić information content (AvgIpc) is 4.30. The van der Waals surface area contributed by atoms with Crippen molar-refractivity contribution >= 4 is 0 Å². The first-order valence-electron chi connectivity index (χ1n) is 29.1. The van der Waals surface area contributed by atoms with Crippen LogP contribution in [0.2, 0.25) is 0 Å². The Hall–Kier alpha value is -6.75. The van der Waals surface area contributed by atoms with Crippen LogP contribution in [0.3, 0.4) is 0 Å². The molecular weight excluding hydrogens is 1050 g/mol. The maximum absolute atomic E-state index is 8.90. The van der Waals surface area contributed by atoms with E-state index in [0.717, 1.165) is 69.2 Å². The van der Waals surface area contributed by atoms with Crippen molar-refractivity contribution < 1.29 is 19.3 Å². The first kappa shape index (κ1) is 74.3. The Morgan fingerprint density at radius 2 is 0.639 bits per heavy atom. The molecule has 23 heteroatoms. The van der Waals surface area contributed by atoms with Crippen molar-refractivity contribution in [1.82, 2.24) is 94.8 Å². The number of aliphatic hydroxyl groups excluding tert-OH is 2. The lowest BCUT2D eigenvalue weighted by atomic mass is 10.0. The molecule has 83 heavy (non-hydrogen) atoms. The molecule has 0 aliphatic heterocycles. The maximum atomic E-state index is 8.90.